The van der Waals surface area contributed by atoms with Crippen LogP contribution in [0.3, 0.4) is 0 Å². The third kappa shape index (κ3) is 3.30. The van der Waals surface area contributed by atoms with Crippen LogP contribution >= 0.6 is 23.2 Å². The molecular formula is C21H14Cl2N2O3. The molecule has 0 unspecified atom stereocenters. The lowest BCUT2D eigenvalue weighted by atomic mass is 10.1. The number of carbonyl (C=O) groups excluding carboxylic acids is 1. The van der Waals surface area contributed by atoms with Crippen LogP contribution in [0.1, 0.15) is 15.9 Å². The van der Waals surface area contributed by atoms with Crippen molar-refractivity contribution in [1.29, 1.82) is 0 Å². The number of amides is 1. The number of nitrogens with zero attached hydrogens (tertiary/aromatic N) is 1. The Labute approximate surface area is 170 Å². The van der Waals surface area contributed by atoms with E-state index >= 15 is 0 Å². The van der Waals surface area contributed by atoms with Crippen LogP contribution in [0.2, 0.25) is 10.0 Å². The predicted octanol–water partition coefficient (Wildman–Crippen LogP) is 6.07. The summed E-state index contributed by atoms with van der Waals surface area (Å²) in [5, 5.41) is 13.7. The number of para-hydroxylation sites is 2. The van der Waals surface area contributed by atoms with Crippen molar-refractivity contribution in [3.8, 4) is 17.2 Å². The summed E-state index contributed by atoms with van der Waals surface area (Å²) in [5.74, 6) is -0.120. The van der Waals surface area contributed by atoms with Gasteiger partial charge in [0.1, 0.15) is 11.3 Å². The van der Waals surface area contributed by atoms with Gasteiger partial charge in [-0.3, -0.25) is 4.79 Å². The van der Waals surface area contributed by atoms with Crippen LogP contribution in [-0.2, 0) is 0 Å². The van der Waals surface area contributed by atoms with Crippen LogP contribution in [0.25, 0.3) is 22.6 Å². The molecule has 0 aliphatic rings. The number of phenolic OH excluding ortho intramolecular Hbond substituents is 1. The number of fused-ring (bicyclic) bond motifs is 1. The average Bonchev–Trinajstić information content (AvgIpc) is 3.10. The number of oxazole rings is 1. The average molecular weight is 413 g/mol. The fraction of sp³-hybridized carbons (Fsp3) is 0.0476. The van der Waals surface area contributed by atoms with Gasteiger partial charge in [-0.2, -0.15) is 0 Å². The molecule has 0 saturated heterocycles. The highest BCUT2D eigenvalue weighted by atomic mass is 35.5. The number of carbonyl (C=O) groups is 1. The van der Waals surface area contributed by atoms with E-state index in [0.29, 0.717) is 32.9 Å². The lowest BCUT2D eigenvalue weighted by Gasteiger charge is -2.11. The van der Waals surface area contributed by atoms with Crippen LogP contribution in [0, 0.1) is 6.92 Å². The molecular weight excluding hydrogens is 399 g/mol. The second-order valence-corrected chi connectivity index (χ2v) is 7.02. The van der Waals surface area contributed by atoms with Crippen LogP contribution < -0.4 is 5.32 Å². The SMILES string of the molecule is Cc1cc(NC(=O)c2cccc(Cl)c2Cl)cc(-c2nc3ccccc3o2)c1O. The molecule has 0 spiro atoms. The number of hydrogen-bond acceptors (Lipinski definition) is 4. The van der Waals surface area contributed by atoms with Crippen molar-refractivity contribution in [2.24, 2.45) is 0 Å². The van der Waals surface area contributed by atoms with E-state index in [1.54, 1.807) is 43.3 Å². The molecule has 140 valence electrons. The van der Waals surface area contributed by atoms with Crippen molar-refractivity contribution in [3.05, 3.63) is 75.8 Å². The summed E-state index contributed by atoms with van der Waals surface area (Å²) in [5.41, 5.74) is 2.94. The van der Waals surface area contributed by atoms with Crippen LogP contribution in [0.5, 0.6) is 5.75 Å². The van der Waals surface area contributed by atoms with E-state index in [9.17, 15) is 9.90 Å². The molecule has 0 fully saturated rings. The van der Waals surface area contributed by atoms with Gasteiger partial charge in [-0.1, -0.05) is 41.4 Å². The van der Waals surface area contributed by atoms with Gasteiger partial charge in [0, 0.05) is 5.69 Å². The first kappa shape index (κ1) is 18.3. The van der Waals surface area contributed by atoms with Gasteiger partial charge < -0.3 is 14.8 Å². The lowest BCUT2D eigenvalue weighted by molar-refractivity contribution is 0.102. The molecule has 1 aromatic heterocycles. The Balaban J connectivity index is 1.73. The number of rotatable bonds is 3. The van der Waals surface area contributed by atoms with Crippen LogP contribution in [0.4, 0.5) is 5.69 Å². The zero-order valence-corrected chi connectivity index (χ0v) is 16.2. The van der Waals surface area contributed by atoms with E-state index in [1.807, 2.05) is 18.2 Å². The molecule has 0 aliphatic heterocycles. The van der Waals surface area contributed by atoms with Crippen molar-refractivity contribution < 1.29 is 14.3 Å². The molecule has 4 rings (SSSR count). The molecule has 1 amide bonds. The number of nitrogens with one attached hydrogen (secondary N) is 1. The first-order valence-electron chi connectivity index (χ1n) is 8.39. The van der Waals surface area contributed by atoms with Gasteiger partial charge in [0.2, 0.25) is 5.89 Å². The second-order valence-electron chi connectivity index (χ2n) is 6.23. The van der Waals surface area contributed by atoms with Crippen molar-refractivity contribution in [3.63, 3.8) is 0 Å². The zero-order valence-electron chi connectivity index (χ0n) is 14.7. The molecule has 2 N–H and O–H groups in total. The topological polar surface area (TPSA) is 75.4 Å². The molecule has 28 heavy (non-hydrogen) atoms. The summed E-state index contributed by atoms with van der Waals surface area (Å²) < 4.78 is 5.75. The van der Waals surface area contributed by atoms with Crippen molar-refractivity contribution in [2.75, 3.05) is 5.32 Å². The van der Waals surface area contributed by atoms with Gasteiger partial charge in [-0.25, -0.2) is 4.98 Å². The molecule has 0 bridgehead atoms. The Hall–Kier alpha value is -3.02. The van der Waals surface area contributed by atoms with Gasteiger partial charge in [0.05, 0.1) is 21.2 Å². The minimum absolute atomic E-state index is 0.0327. The van der Waals surface area contributed by atoms with E-state index in [0.717, 1.165) is 0 Å². The quantitative estimate of drug-likeness (QED) is 0.400. The van der Waals surface area contributed by atoms with E-state index in [1.165, 1.54) is 0 Å². The van der Waals surface area contributed by atoms with Gasteiger partial charge in [-0.15, -0.1) is 0 Å². The summed E-state index contributed by atoms with van der Waals surface area (Å²) in [6.45, 7) is 1.73. The minimum Gasteiger partial charge on any atom is -0.507 e. The van der Waals surface area contributed by atoms with Gasteiger partial charge >= 0.3 is 0 Å². The number of phenols is 1. The Bertz CT molecular complexity index is 1180. The van der Waals surface area contributed by atoms with E-state index in [2.05, 4.69) is 10.3 Å². The molecule has 0 atom stereocenters. The smallest absolute Gasteiger partial charge is 0.257 e. The zero-order chi connectivity index (χ0) is 19.8. The largest absolute Gasteiger partial charge is 0.507 e. The normalized spacial score (nSPS) is 11.0. The van der Waals surface area contributed by atoms with Crippen molar-refractivity contribution in [1.82, 2.24) is 4.98 Å². The summed E-state index contributed by atoms with van der Waals surface area (Å²) in [4.78, 5) is 17.0. The first-order chi connectivity index (χ1) is 13.4. The molecule has 0 saturated carbocycles. The highest BCUT2D eigenvalue weighted by Crippen LogP contribution is 2.36. The summed E-state index contributed by atoms with van der Waals surface area (Å²) >= 11 is 12.1. The Kier molecular flexibility index (Phi) is 4.71. The highest BCUT2D eigenvalue weighted by Gasteiger charge is 2.18. The molecule has 1 heterocycles. The summed E-state index contributed by atoms with van der Waals surface area (Å²) in [6.07, 6.45) is 0. The molecule has 4 aromatic rings. The number of hydrogen-bond donors (Lipinski definition) is 2. The summed E-state index contributed by atoms with van der Waals surface area (Å²) in [6, 6.07) is 15.4. The third-order valence-corrected chi connectivity index (χ3v) is 5.10. The van der Waals surface area contributed by atoms with Crippen molar-refractivity contribution >= 4 is 45.9 Å². The monoisotopic (exact) mass is 412 g/mol. The molecule has 5 nitrogen and oxygen atoms in total. The fourth-order valence-electron chi connectivity index (χ4n) is 2.88. The Morgan fingerprint density at radius 2 is 1.89 bits per heavy atom. The van der Waals surface area contributed by atoms with Crippen molar-refractivity contribution in [2.45, 2.75) is 6.92 Å². The number of aromatic hydroxyl groups is 1. The van der Waals surface area contributed by atoms with Gasteiger partial charge in [-0.05, 0) is 48.9 Å². The maximum Gasteiger partial charge on any atom is 0.257 e. The lowest BCUT2D eigenvalue weighted by Crippen LogP contribution is -2.12. The Morgan fingerprint density at radius 3 is 2.68 bits per heavy atom. The number of aromatic nitrogens is 1. The van der Waals surface area contributed by atoms with E-state index in [4.69, 9.17) is 27.6 Å². The number of halogens is 2. The molecule has 7 heteroatoms. The van der Waals surface area contributed by atoms with Crippen LogP contribution in [-0.4, -0.2) is 16.0 Å². The number of anilines is 1. The van der Waals surface area contributed by atoms with Gasteiger partial charge in [0.25, 0.3) is 5.91 Å². The minimum atomic E-state index is -0.416. The van der Waals surface area contributed by atoms with E-state index in [-0.39, 0.29) is 22.2 Å². The maximum absolute atomic E-state index is 12.6. The highest BCUT2D eigenvalue weighted by molar-refractivity contribution is 6.44. The standard InChI is InChI=1S/C21H14Cl2N2O3/c1-11-9-12(24-20(27)13-5-4-6-15(22)18(13)23)10-14(19(11)26)21-25-16-7-2-3-8-17(16)28-21/h2-10,26H,1H3,(H,24,27). The molecule has 0 radical (unpaired) electrons. The third-order valence-electron chi connectivity index (χ3n) is 4.28. The van der Waals surface area contributed by atoms with Gasteiger partial charge in [0.15, 0.2) is 5.58 Å². The molecule has 0 aliphatic carbocycles. The number of aryl methyl sites for hydroxylation is 1. The van der Waals surface area contributed by atoms with Crippen LogP contribution in [0.15, 0.2) is 59.0 Å². The first-order valence-corrected chi connectivity index (χ1v) is 9.14. The number of benzene rings is 3. The second kappa shape index (κ2) is 7.19. The maximum atomic E-state index is 12.6. The van der Waals surface area contributed by atoms with E-state index < -0.39 is 5.91 Å². The Morgan fingerprint density at radius 1 is 1.11 bits per heavy atom. The predicted molar refractivity (Wildman–Crippen MR) is 110 cm³/mol. The molecule has 3 aromatic carbocycles. The fourth-order valence-corrected chi connectivity index (χ4v) is 3.27. The summed E-state index contributed by atoms with van der Waals surface area (Å²) in [7, 11) is 0.